The summed E-state index contributed by atoms with van der Waals surface area (Å²) in [6.07, 6.45) is 5.46. The smallest absolute Gasteiger partial charge is 0.358 e. The molecule has 0 amide bonds. The van der Waals surface area contributed by atoms with Crippen LogP contribution in [-0.4, -0.2) is 50.1 Å². The summed E-state index contributed by atoms with van der Waals surface area (Å²) < 4.78 is 1.70. The summed E-state index contributed by atoms with van der Waals surface area (Å²) in [7, 11) is 0. The number of carboxylic acid groups (broad SMARTS) is 1. The van der Waals surface area contributed by atoms with Crippen LogP contribution in [0.1, 0.15) is 49.6 Å². The van der Waals surface area contributed by atoms with Gasteiger partial charge >= 0.3 is 5.97 Å². The van der Waals surface area contributed by atoms with E-state index in [0.717, 1.165) is 24.9 Å². The molecule has 0 aromatic carbocycles. The minimum absolute atomic E-state index is 0.0308. The molecule has 1 saturated heterocycles. The van der Waals surface area contributed by atoms with E-state index < -0.39 is 5.97 Å². The molecule has 6 heteroatoms. The minimum Gasteiger partial charge on any atom is -0.476 e. The van der Waals surface area contributed by atoms with Gasteiger partial charge in [0.2, 0.25) is 0 Å². The molecule has 0 spiro atoms. The molecule has 3 rings (SSSR count). The summed E-state index contributed by atoms with van der Waals surface area (Å²) in [4.78, 5) is 13.3. The summed E-state index contributed by atoms with van der Waals surface area (Å²) >= 11 is 0. The molecule has 0 radical (unpaired) electrons. The summed E-state index contributed by atoms with van der Waals surface area (Å²) in [6.45, 7) is 6.62. The predicted molar refractivity (Wildman–Crippen MR) is 73.6 cm³/mol. The number of carboxylic acids is 1. The molecule has 2 heterocycles. The first-order valence-corrected chi connectivity index (χ1v) is 7.43. The molecule has 2 aliphatic rings. The zero-order valence-corrected chi connectivity index (χ0v) is 12.1. The van der Waals surface area contributed by atoms with Crippen LogP contribution in [0.25, 0.3) is 0 Å². The van der Waals surface area contributed by atoms with Gasteiger partial charge in [-0.15, -0.1) is 5.10 Å². The first kappa shape index (κ1) is 13.5. The van der Waals surface area contributed by atoms with Gasteiger partial charge in [-0.3, -0.25) is 4.90 Å². The van der Waals surface area contributed by atoms with Crippen LogP contribution < -0.4 is 0 Å². The summed E-state index contributed by atoms with van der Waals surface area (Å²) in [5, 5.41) is 16.5. The lowest BCUT2D eigenvalue weighted by molar-refractivity contribution is 0.00376. The fraction of sp³-hybridized carbons (Fsp3) is 0.786. The van der Waals surface area contributed by atoms with Crippen LogP contribution in [0.2, 0.25) is 0 Å². The second-order valence-corrected chi connectivity index (χ2v) is 6.46. The van der Waals surface area contributed by atoms with E-state index in [9.17, 15) is 4.79 Å². The van der Waals surface area contributed by atoms with Crippen molar-refractivity contribution in [3.63, 3.8) is 0 Å². The molecular formula is C14H22N4O2. The van der Waals surface area contributed by atoms with E-state index in [0.29, 0.717) is 6.04 Å². The standard InChI is InChI=1S/C14H22N4O2/c1-9-3-4-13(10(2)5-9)17-6-11(7-17)18-8-12(14(19)20)15-16-18/h8-11,13H,3-7H2,1-2H3,(H,19,20). The van der Waals surface area contributed by atoms with E-state index in [1.54, 1.807) is 4.68 Å². The zero-order valence-electron chi connectivity index (χ0n) is 12.1. The number of hydrogen-bond acceptors (Lipinski definition) is 4. The molecule has 1 N–H and O–H groups in total. The molecule has 0 bridgehead atoms. The average Bonchev–Trinajstić information content (AvgIpc) is 2.79. The topological polar surface area (TPSA) is 71.2 Å². The van der Waals surface area contributed by atoms with Crippen LogP contribution in [0.4, 0.5) is 0 Å². The van der Waals surface area contributed by atoms with Crippen LogP contribution >= 0.6 is 0 Å². The fourth-order valence-corrected chi connectivity index (χ4v) is 3.67. The Balaban J connectivity index is 1.56. The highest BCUT2D eigenvalue weighted by atomic mass is 16.4. The summed E-state index contributed by atoms with van der Waals surface area (Å²) in [6, 6.07) is 0.965. The van der Waals surface area contributed by atoms with Crippen molar-refractivity contribution in [2.75, 3.05) is 13.1 Å². The second-order valence-electron chi connectivity index (χ2n) is 6.46. The first-order valence-electron chi connectivity index (χ1n) is 7.43. The zero-order chi connectivity index (χ0) is 14.3. The minimum atomic E-state index is -1.01. The summed E-state index contributed by atoms with van der Waals surface area (Å²) in [5.74, 6) is 0.596. The third kappa shape index (κ3) is 2.44. The highest BCUT2D eigenvalue weighted by Gasteiger charge is 2.38. The number of carbonyl (C=O) groups is 1. The van der Waals surface area contributed by atoms with Crippen molar-refractivity contribution in [3.8, 4) is 0 Å². The van der Waals surface area contributed by atoms with E-state index in [1.807, 2.05) is 0 Å². The van der Waals surface area contributed by atoms with Gasteiger partial charge in [-0.1, -0.05) is 19.1 Å². The van der Waals surface area contributed by atoms with Crippen LogP contribution in [0.3, 0.4) is 0 Å². The van der Waals surface area contributed by atoms with Gasteiger partial charge in [-0.2, -0.15) is 0 Å². The lowest BCUT2D eigenvalue weighted by Crippen LogP contribution is -2.55. The highest BCUT2D eigenvalue weighted by Crippen LogP contribution is 2.36. The van der Waals surface area contributed by atoms with Crippen LogP contribution in [0.5, 0.6) is 0 Å². The van der Waals surface area contributed by atoms with E-state index in [4.69, 9.17) is 5.11 Å². The molecule has 1 aliphatic carbocycles. The molecule has 3 atom stereocenters. The molecule has 20 heavy (non-hydrogen) atoms. The maximum Gasteiger partial charge on any atom is 0.358 e. The lowest BCUT2D eigenvalue weighted by atomic mass is 9.78. The number of aromatic nitrogens is 3. The van der Waals surface area contributed by atoms with Crippen molar-refractivity contribution in [2.45, 2.75) is 45.2 Å². The lowest BCUT2D eigenvalue weighted by Gasteiger charge is -2.48. The maximum atomic E-state index is 10.8. The monoisotopic (exact) mass is 278 g/mol. The van der Waals surface area contributed by atoms with Crippen molar-refractivity contribution in [2.24, 2.45) is 11.8 Å². The Labute approximate surface area is 118 Å². The number of hydrogen-bond donors (Lipinski definition) is 1. The van der Waals surface area contributed by atoms with Crippen molar-refractivity contribution < 1.29 is 9.90 Å². The van der Waals surface area contributed by atoms with Gasteiger partial charge in [-0.25, -0.2) is 9.48 Å². The Bertz CT molecular complexity index is 495. The third-order valence-electron chi connectivity index (χ3n) is 4.85. The van der Waals surface area contributed by atoms with Gasteiger partial charge in [0.25, 0.3) is 0 Å². The van der Waals surface area contributed by atoms with Gasteiger partial charge in [0.1, 0.15) is 0 Å². The number of nitrogens with zero attached hydrogens (tertiary/aromatic N) is 4. The molecule has 6 nitrogen and oxygen atoms in total. The number of likely N-dealkylation sites (tertiary alicyclic amines) is 1. The molecule has 1 saturated carbocycles. The quantitative estimate of drug-likeness (QED) is 0.910. The maximum absolute atomic E-state index is 10.8. The Hall–Kier alpha value is -1.43. The molecule has 1 aliphatic heterocycles. The van der Waals surface area contributed by atoms with Crippen LogP contribution in [0.15, 0.2) is 6.20 Å². The molecule has 110 valence electrons. The Morgan fingerprint density at radius 2 is 2.10 bits per heavy atom. The third-order valence-corrected chi connectivity index (χ3v) is 4.85. The van der Waals surface area contributed by atoms with Gasteiger partial charge < -0.3 is 5.11 Å². The second kappa shape index (κ2) is 5.16. The van der Waals surface area contributed by atoms with Gasteiger partial charge in [0.15, 0.2) is 5.69 Å². The number of aromatic carboxylic acids is 1. The Kier molecular flexibility index (Phi) is 3.50. The molecule has 3 unspecified atom stereocenters. The van der Waals surface area contributed by atoms with Crippen molar-refractivity contribution >= 4 is 5.97 Å². The number of rotatable bonds is 3. The van der Waals surface area contributed by atoms with Gasteiger partial charge in [-0.05, 0) is 31.1 Å². The predicted octanol–water partition coefficient (Wildman–Crippen LogP) is 1.66. The van der Waals surface area contributed by atoms with Crippen molar-refractivity contribution in [1.82, 2.24) is 19.9 Å². The van der Waals surface area contributed by atoms with Gasteiger partial charge in [0.05, 0.1) is 12.2 Å². The van der Waals surface area contributed by atoms with Crippen molar-refractivity contribution in [1.29, 1.82) is 0 Å². The Morgan fingerprint density at radius 3 is 2.70 bits per heavy atom. The molecule has 1 aromatic rings. The van der Waals surface area contributed by atoms with E-state index in [-0.39, 0.29) is 11.7 Å². The molecule has 2 fully saturated rings. The van der Waals surface area contributed by atoms with E-state index in [1.165, 1.54) is 25.5 Å². The molecule has 1 aromatic heterocycles. The fourth-order valence-electron chi connectivity index (χ4n) is 3.67. The normalized spacial score (nSPS) is 32.0. The SMILES string of the molecule is CC1CCC(N2CC(n3cc(C(=O)O)nn3)C2)C(C)C1. The first-order chi connectivity index (χ1) is 9.54. The van der Waals surface area contributed by atoms with Gasteiger partial charge in [0, 0.05) is 19.1 Å². The molecular weight excluding hydrogens is 256 g/mol. The van der Waals surface area contributed by atoms with E-state index in [2.05, 4.69) is 29.1 Å². The Morgan fingerprint density at radius 1 is 1.35 bits per heavy atom. The average molecular weight is 278 g/mol. The highest BCUT2D eigenvalue weighted by molar-refractivity contribution is 5.84. The van der Waals surface area contributed by atoms with Crippen LogP contribution in [-0.2, 0) is 0 Å². The van der Waals surface area contributed by atoms with E-state index >= 15 is 0 Å². The van der Waals surface area contributed by atoms with Crippen LogP contribution in [0, 0.1) is 11.8 Å². The van der Waals surface area contributed by atoms with Crippen molar-refractivity contribution in [3.05, 3.63) is 11.9 Å². The summed E-state index contributed by atoms with van der Waals surface area (Å²) in [5.41, 5.74) is 0.0308. The largest absolute Gasteiger partial charge is 0.476 e.